The average molecular weight is 567 g/mol. The largest absolute Gasteiger partial charge is 0.465 e. The summed E-state index contributed by atoms with van der Waals surface area (Å²) in [6.45, 7) is 0. The Morgan fingerprint density at radius 3 is 2.41 bits per heavy atom. The number of thioether (sulfide) groups is 1. The van der Waals surface area contributed by atoms with Gasteiger partial charge >= 0.3 is 5.97 Å². The minimum absolute atomic E-state index is 0.0357. The molecule has 3 N–H and O–H groups in total. The van der Waals surface area contributed by atoms with Gasteiger partial charge in [-0.25, -0.2) is 4.79 Å². The van der Waals surface area contributed by atoms with Crippen LogP contribution in [0.4, 0.5) is 11.4 Å². The molecule has 3 amide bonds. The zero-order chi connectivity index (χ0) is 29.0. The number of carbonyl (C=O) groups excluding carboxylic acids is 4. The lowest BCUT2D eigenvalue weighted by atomic mass is 10.2. The lowest BCUT2D eigenvalue weighted by molar-refractivity contribution is -0.114. The number of amides is 3. The third kappa shape index (κ3) is 8.38. The van der Waals surface area contributed by atoms with E-state index in [0.29, 0.717) is 22.5 Å². The lowest BCUT2D eigenvalue weighted by Crippen LogP contribution is -2.30. The Hall–Kier alpha value is -5.22. The molecule has 0 fully saturated rings. The molecule has 10 heteroatoms. The number of rotatable bonds is 10. The van der Waals surface area contributed by atoms with Gasteiger partial charge in [0, 0.05) is 28.5 Å². The number of esters is 1. The van der Waals surface area contributed by atoms with Crippen molar-refractivity contribution in [3.8, 4) is 0 Å². The molecule has 0 bridgehead atoms. The number of nitrogens with zero attached hydrogens (tertiary/aromatic N) is 1. The molecule has 0 spiro atoms. The monoisotopic (exact) mass is 566 g/mol. The number of hydrogen-bond acceptors (Lipinski definition) is 7. The molecule has 0 aliphatic heterocycles. The first-order chi connectivity index (χ1) is 19.9. The fraction of sp³-hybridized carbons (Fsp3) is 0.0645. The van der Waals surface area contributed by atoms with E-state index in [9.17, 15) is 19.2 Å². The van der Waals surface area contributed by atoms with Crippen molar-refractivity contribution in [3.05, 3.63) is 126 Å². The molecule has 1 heterocycles. The van der Waals surface area contributed by atoms with Crippen LogP contribution in [0.25, 0.3) is 6.08 Å². The quantitative estimate of drug-likeness (QED) is 0.140. The molecule has 0 atom stereocenters. The highest BCUT2D eigenvalue weighted by atomic mass is 32.2. The maximum atomic E-state index is 13.3. The zero-order valence-corrected chi connectivity index (χ0v) is 22.8. The Labute approximate surface area is 241 Å². The van der Waals surface area contributed by atoms with E-state index in [1.165, 1.54) is 24.9 Å². The molecule has 41 heavy (non-hydrogen) atoms. The lowest BCUT2D eigenvalue weighted by Gasteiger charge is -2.12. The number of para-hydroxylation sites is 1. The fourth-order valence-corrected chi connectivity index (χ4v) is 4.40. The minimum Gasteiger partial charge on any atom is -0.465 e. The van der Waals surface area contributed by atoms with Gasteiger partial charge in [0.2, 0.25) is 5.91 Å². The van der Waals surface area contributed by atoms with Gasteiger partial charge in [0.15, 0.2) is 0 Å². The van der Waals surface area contributed by atoms with Crippen LogP contribution < -0.4 is 16.0 Å². The van der Waals surface area contributed by atoms with Gasteiger partial charge in [-0.1, -0.05) is 42.5 Å². The van der Waals surface area contributed by atoms with Crippen LogP contribution in [-0.4, -0.2) is 41.5 Å². The molecule has 3 aromatic carbocycles. The number of ether oxygens (including phenoxy) is 1. The molecule has 0 radical (unpaired) electrons. The van der Waals surface area contributed by atoms with E-state index in [2.05, 4.69) is 20.9 Å². The molecule has 0 saturated carbocycles. The number of methoxy groups -OCH3 is 1. The van der Waals surface area contributed by atoms with Crippen LogP contribution in [0.1, 0.15) is 26.3 Å². The summed E-state index contributed by atoms with van der Waals surface area (Å²) < 4.78 is 4.77. The van der Waals surface area contributed by atoms with E-state index in [4.69, 9.17) is 4.74 Å². The van der Waals surface area contributed by atoms with Crippen molar-refractivity contribution >= 4 is 52.9 Å². The van der Waals surface area contributed by atoms with E-state index < -0.39 is 17.8 Å². The highest BCUT2D eigenvalue weighted by molar-refractivity contribution is 8.00. The maximum absolute atomic E-state index is 13.3. The Bertz CT molecular complexity index is 1580. The molecule has 4 aromatic rings. The van der Waals surface area contributed by atoms with Crippen LogP contribution in [-0.2, 0) is 14.3 Å². The van der Waals surface area contributed by atoms with Gasteiger partial charge in [-0.15, -0.1) is 11.8 Å². The van der Waals surface area contributed by atoms with Crippen LogP contribution in [0, 0.1) is 0 Å². The van der Waals surface area contributed by atoms with Crippen LogP contribution in [0.15, 0.2) is 114 Å². The van der Waals surface area contributed by atoms with Gasteiger partial charge in [-0.3, -0.25) is 19.4 Å². The van der Waals surface area contributed by atoms with E-state index in [-0.39, 0.29) is 22.9 Å². The van der Waals surface area contributed by atoms with Crippen LogP contribution >= 0.6 is 11.8 Å². The normalized spacial score (nSPS) is 10.8. The molecule has 0 unspecified atom stereocenters. The minimum atomic E-state index is -0.547. The number of nitrogens with one attached hydrogen (secondary N) is 3. The van der Waals surface area contributed by atoms with Crippen LogP contribution in [0.2, 0.25) is 0 Å². The maximum Gasteiger partial charge on any atom is 0.339 e. The summed E-state index contributed by atoms with van der Waals surface area (Å²) in [6, 6.07) is 25.6. The molecule has 0 aliphatic carbocycles. The summed E-state index contributed by atoms with van der Waals surface area (Å²) in [6.07, 6.45) is 4.73. The summed E-state index contributed by atoms with van der Waals surface area (Å²) in [5.41, 5.74) is 2.17. The van der Waals surface area contributed by atoms with Gasteiger partial charge in [0.05, 0.1) is 24.1 Å². The Morgan fingerprint density at radius 2 is 1.66 bits per heavy atom. The predicted octanol–water partition coefficient (Wildman–Crippen LogP) is 5.01. The predicted molar refractivity (Wildman–Crippen MR) is 158 cm³/mol. The molecular formula is C31H26N4O5S. The van der Waals surface area contributed by atoms with Crippen molar-refractivity contribution in [2.75, 3.05) is 23.5 Å². The third-order valence-corrected chi connectivity index (χ3v) is 6.59. The van der Waals surface area contributed by atoms with Crippen molar-refractivity contribution in [1.82, 2.24) is 10.3 Å². The van der Waals surface area contributed by atoms with Gasteiger partial charge < -0.3 is 20.7 Å². The average Bonchev–Trinajstić information content (AvgIpc) is 3.00. The molecule has 1 aromatic heterocycles. The van der Waals surface area contributed by atoms with E-state index in [1.54, 1.807) is 103 Å². The standard InChI is InChI=1S/C31H26N4O5S/c1-40-31(39)25-14-5-6-15-26(25)34-28(36)20-41-24-13-7-12-23(18-24)33-30(38)27(17-21-9-8-16-32-19-21)35-29(37)22-10-3-2-4-11-22/h2-19H,20H2,1H3,(H,33,38)(H,34,36)(H,35,37)/b27-17+. The number of aromatic nitrogens is 1. The number of hydrogen-bond donors (Lipinski definition) is 3. The highest BCUT2D eigenvalue weighted by Crippen LogP contribution is 2.23. The van der Waals surface area contributed by atoms with Gasteiger partial charge in [0.25, 0.3) is 11.8 Å². The van der Waals surface area contributed by atoms with Crippen LogP contribution in [0.3, 0.4) is 0 Å². The molecule has 206 valence electrons. The summed E-state index contributed by atoms with van der Waals surface area (Å²) >= 11 is 1.26. The van der Waals surface area contributed by atoms with Crippen molar-refractivity contribution in [3.63, 3.8) is 0 Å². The van der Waals surface area contributed by atoms with Gasteiger partial charge in [0.1, 0.15) is 5.70 Å². The third-order valence-electron chi connectivity index (χ3n) is 5.59. The van der Waals surface area contributed by atoms with Crippen molar-refractivity contribution in [2.24, 2.45) is 0 Å². The molecule has 4 rings (SSSR count). The number of anilines is 2. The zero-order valence-electron chi connectivity index (χ0n) is 22.0. The van der Waals surface area contributed by atoms with Crippen LogP contribution in [0.5, 0.6) is 0 Å². The number of benzene rings is 3. The van der Waals surface area contributed by atoms with E-state index in [1.807, 2.05) is 0 Å². The van der Waals surface area contributed by atoms with Crippen molar-refractivity contribution in [2.45, 2.75) is 4.90 Å². The fourth-order valence-electron chi connectivity index (χ4n) is 3.65. The number of carbonyl (C=O) groups is 4. The second-order valence-electron chi connectivity index (χ2n) is 8.52. The Kier molecular flexibility index (Phi) is 10.0. The smallest absolute Gasteiger partial charge is 0.339 e. The van der Waals surface area contributed by atoms with E-state index >= 15 is 0 Å². The second kappa shape index (κ2) is 14.2. The summed E-state index contributed by atoms with van der Waals surface area (Å²) in [5, 5.41) is 8.22. The molecule has 0 aliphatic rings. The number of pyridine rings is 1. The molecule has 9 nitrogen and oxygen atoms in total. The molecular weight excluding hydrogens is 540 g/mol. The summed E-state index contributed by atoms with van der Waals surface area (Å²) in [7, 11) is 1.28. The highest BCUT2D eigenvalue weighted by Gasteiger charge is 2.16. The van der Waals surface area contributed by atoms with Crippen molar-refractivity contribution < 1.29 is 23.9 Å². The SMILES string of the molecule is COC(=O)c1ccccc1NC(=O)CSc1cccc(NC(=O)/C(=C\c2cccnc2)NC(=O)c2ccccc2)c1. The van der Waals surface area contributed by atoms with E-state index in [0.717, 1.165) is 4.90 Å². The second-order valence-corrected chi connectivity index (χ2v) is 9.57. The Morgan fingerprint density at radius 1 is 0.878 bits per heavy atom. The first-order valence-corrected chi connectivity index (χ1v) is 13.4. The topological polar surface area (TPSA) is 126 Å². The summed E-state index contributed by atoms with van der Waals surface area (Å²) in [4.78, 5) is 55.4. The first-order valence-electron chi connectivity index (χ1n) is 12.4. The summed E-state index contributed by atoms with van der Waals surface area (Å²) in [5.74, 6) is -1.76. The molecule has 0 saturated heterocycles. The van der Waals surface area contributed by atoms with Gasteiger partial charge in [-0.2, -0.15) is 0 Å². The Balaban J connectivity index is 1.43. The van der Waals surface area contributed by atoms with Crippen molar-refractivity contribution in [1.29, 1.82) is 0 Å². The first kappa shape index (κ1) is 28.8. The van der Waals surface area contributed by atoms with Gasteiger partial charge in [-0.05, 0) is 60.2 Å².